The van der Waals surface area contributed by atoms with Crippen molar-refractivity contribution >= 4 is 7.82 Å². The van der Waals surface area contributed by atoms with Crippen molar-refractivity contribution in [3.05, 3.63) is 12.2 Å². The second-order valence-corrected chi connectivity index (χ2v) is 11.7. The molecule has 1 heterocycles. The number of hydrogen-bond acceptors (Lipinski definition) is 4. The number of rotatable bonds is 21. The zero-order valence-corrected chi connectivity index (χ0v) is 22.8. The van der Waals surface area contributed by atoms with Crippen LogP contribution in [0.1, 0.15) is 122 Å². The van der Waals surface area contributed by atoms with Crippen LogP contribution in [0.5, 0.6) is 0 Å². The lowest BCUT2D eigenvalue weighted by Gasteiger charge is -2.34. The molecule has 0 radical (unpaired) electrons. The van der Waals surface area contributed by atoms with Gasteiger partial charge in [0.25, 0.3) is 7.82 Å². The Morgan fingerprint density at radius 1 is 0.727 bits per heavy atom. The van der Waals surface area contributed by atoms with Gasteiger partial charge in [0.15, 0.2) is 0 Å². The normalized spacial score (nSPS) is 18.4. The molecule has 1 atom stereocenters. The van der Waals surface area contributed by atoms with Gasteiger partial charge in [0.1, 0.15) is 13.2 Å². The van der Waals surface area contributed by atoms with Gasteiger partial charge in [-0.1, -0.05) is 76.9 Å². The molecule has 6 heteroatoms. The summed E-state index contributed by atoms with van der Waals surface area (Å²) in [4.78, 5) is 12.0. The van der Waals surface area contributed by atoms with E-state index in [1.165, 1.54) is 96.3 Å². The van der Waals surface area contributed by atoms with Crippen molar-refractivity contribution in [3.63, 3.8) is 0 Å². The fraction of sp³-hybridized carbons (Fsp3) is 0.926. The molecule has 0 aromatic rings. The molecule has 0 aliphatic carbocycles. The smallest absolute Gasteiger partial charge is 0.268 e. The van der Waals surface area contributed by atoms with Crippen molar-refractivity contribution in [3.8, 4) is 0 Å². The van der Waals surface area contributed by atoms with Crippen molar-refractivity contribution in [1.29, 1.82) is 0 Å². The average Bonchev–Trinajstić information content (AvgIpc) is 3.00. The SMILES string of the molecule is CCCCCCCC/C=C\CCCCCCCCOP(=O)([O-])OCC[N+]1(C)CCCCCC1. The van der Waals surface area contributed by atoms with Crippen LogP contribution in [0.2, 0.25) is 0 Å². The quantitative estimate of drug-likeness (QED) is 0.0726. The molecule has 0 aromatic heterocycles. The molecule has 1 fully saturated rings. The molecule has 0 aromatic carbocycles. The summed E-state index contributed by atoms with van der Waals surface area (Å²) in [6.07, 6.45) is 27.0. The minimum atomic E-state index is -4.16. The highest BCUT2D eigenvalue weighted by molar-refractivity contribution is 7.45. The van der Waals surface area contributed by atoms with Crippen LogP contribution in [0, 0.1) is 0 Å². The van der Waals surface area contributed by atoms with E-state index in [1.807, 2.05) is 0 Å². The minimum Gasteiger partial charge on any atom is -0.756 e. The zero-order valence-electron chi connectivity index (χ0n) is 21.9. The van der Waals surface area contributed by atoms with Gasteiger partial charge in [0.05, 0.1) is 26.7 Å². The Morgan fingerprint density at radius 2 is 1.21 bits per heavy atom. The summed E-state index contributed by atoms with van der Waals surface area (Å²) in [5.41, 5.74) is 0. The van der Waals surface area contributed by atoms with Crippen LogP contribution in [0.25, 0.3) is 0 Å². The molecule has 0 N–H and O–H groups in total. The van der Waals surface area contributed by atoms with Crippen LogP contribution >= 0.6 is 7.82 Å². The van der Waals surface area contributed by atoms with Gasteiger partial charge in [-0.3, -0.25) is 4.57 Å². The molecular formula is C27H54NO4P. The largest absolute Gasteiger partial charge is 0.756 e. The maximum Gasteiger partial charge on any atom is 0.268 e. The van der Waals surface area contributed by atoms with Gasteiger partial charge >= 0.3 is 0 Å². The molecule has 1 unspecified atom stereocenters. The summed E-state index contributed by atoms with van der Waals surface area (Å²) < 4.78 is 23.1. The first-order chi connectivity index (χ1) is 16.0. The molecular weight excluding hydrogens is 433 g/mol. The standard InChI is InChI=1S/C27H54NO4P/c1-3-4-5-6-7-8-9-10-11-12-13-14-15-16-19-22-26-31-33(29,30)32-27-25-28(2)23-20-17-18-21-24-28/h10-11H,3-9,12-27H2,1-2H3/b11-10-. The summed E-state index contributed by atoms with van der Waals surface area (Å²) >= 11 is 0. The lowest BCUT2D eigenvalue weighted by Crippen LogP contribution is -2.47. The summed E-state index contributed by atoms with van der Waals surface area (Å²) in [7, 11) is -1.95. The topological polar surface area (TPSA) is 58.6 Å². The van der Waals surface area contributed by atoms with Crippen molar-refractivity contribution in [2.24, 2.45) is 0 Å². The van der Waals surface area contributed by atoms with Gasteiger partial charge in [-0.25, -0.2) is 0 Å². The zero-order chi connectivity index (χ0) is 24.1. The number of hydrogen-bond donors (Lipinski definition) is 0. The van der Waals surface area contributed by atoms with E-state index in [1.54, 1.807) is 0 Å². The molecule has 1 rings (SSSR count). The Morgan fingerprint density at radius 3 is 1.79 bits per heavy atom. The van der Waals surface area contributed by atoms with E-state index >= 15 is 0 Å². The molecule has 1 saturated heterocycles. The van der Waals surface area contributed by atoms with Gasteiger partial charge in [0, 0.05) is 0 Å². The molecule has 5 nitrogen and oxygen atoms in total. The lowest BCUT2D eigenvalue weighted by atomic mass is 10.1. The van der Waals surface area contributed by atoms with E-state index in [9.17, 15) is 9.46 Å². The number of likely N-dealkylation sites (N-methyl/N-ethyl adjacent to an activating group) is 1. The molecule has 1 aliphatic rings. The second-order valence-electron chi connectivity index (χ2n) is 10.3. The third-order valence-corrected chi connectivity index (χ3v) is 7.93. The van der Waals surface area contributed by atoms with Gasteiger partial charge in [0.2, 0.25) is 0 Å². The molecule has 1 aliphatic heterocycles. The number of unbranched alkanes of at least 4 members (excludes halogenated alkanes) is 12. The molecule has 0 amide bonds. The Hall–Kier alpha value is -0.190. The van der Waals surface area contributed by atoms with Crippen molar-refractivity contribution < 1.29 is 23.0 Å². The Labute approximate surface area is 205 Å². The highest BCUT2D eigenvalue weighted by Crippen LogP contribution is 2.38. The third kappa shape index (κ3) is 18.8. The fourth-order valence-corrected chi connectivity index (χ4v) is 5.34. The number of phosphoric acid groups is 1. The van der Waals surface area contributed by atoms with E-state index < -0.39 is 7.82 Å². The summed E-state index contributed by atoms with van der Waals surface area (Å²) in [6, 6.07) is 0. The summed E-state index contributed by atoms with van der Waals surface area (Å²) in [6.45, 7) is 5.70. The highest BCUT2D eigenvalue weighted by atomic mass is 31.2. The molecule has 33 heavy (non-hydrogen) atoms. The lowest BCUT2D eigenvalue weighted by molar-refractivity contribution is -0.908. The van der Waals surface area contributed by atoms with Crippen LogP contribution in [0.4, 0.5) is 0 Å². The van der Waals surface area contributed by atoms with E-state index in [0.29, 0.717) is 0 Å². The van der Waals surface area contributed by atoms with E-state index in [0.717, 1.165) is 43.4 Å². The van der Waals surface area contributed by atoms with E-state index in [-0.39, 0.29) is 13.2 Å². The minimum absolute atomic E-state index is 0.227. The van der Waals surface area contributed by atoms with Crippen LogP contribution in [-0.4, -0.2) is 44.4 Å². The first kappa shape index (κ1) is 30.8. The van der Waals surface area contributed by atoms with E-state index in [4.69, 9.17) is 9.05 Å². The van der Waals surface area contributed by atoms with Gasteiger partial charge < -0.3 is 18.4 Å². The number of allylic oxidation sites excluding steroid dienone is 2. The number of phosphoric ester groups is 1. The Bertz CT molecular complexity index is 518. The van der Waals surface area contributed by atoms with Crippen LogP contribution in [0.3, 0.4) is 0 Å². The van der Waals surface area contributed by atoms with E-state index in [2.05, 4.69) is 26.1 Å². The molecule has 0 bridgehead atoms. The Balaban J connectivity index is 1.89. The van der Waals surface area contributed by atoms with Crippen molar-refractivity contribution in [1.82, 2.24) is 0 Å². The maximum absolute atomic E-state index is 12.0. The number of nitrogens with zero attached hydrogens (tertiary/aromatic N) is 1. The average molecular weight is 488 g/mol. The van der Waals surface area contributed by atoms with Gasteiger partial charge in [-0.2, -0.15) is 0 Å². The number of quaternary nitrogens is 1. The fourth-order valence-electron chi connectivity index (χ4n) is 4.61. The first-order valence-corrected chi connectivity index (χ1v) is 15.5. The second kappa shape index (κ2) is 20.0. The predicted octanol–water partition coefficient (Wildman–Crippen LogP) is 7.55. The molecule has 0 saturated carbocycles. The highest BCUT2D eigenvalue weighted by Gasteiger charge is 2.23. The molecule has 196 valence electrons. The van der Waals surface area contributed by atoms with Gasteiger partial charge in [-0.05, 0) is 57.8 Å². The Kier molecular flexibility index (Phi) is 18.7. The van der Waals surface area contributed by atoms with Crippen LogP contribution in [-0.2, 0) is 13.6 Å². The van der Waals surface area contributed by atoms with Crippen LogP contribution < -0.4 is 4.89 Å². The summed E-state index contributed by atoms with van der Waals surface area (Å²) in [5.74, 6) is 0. The van der Waals surface area contributed by atoms with Crippen LogP contribution in [0.15, 0.2) is 12.2 Å². The molecule has 0 spiro atoms. The third-order valence-electron chi connectivity index (χ3n) is 6.93. The maximum atomic E-state index is 12.0. The van der Waals surface area contributed by atoms with Crippen molar-refractivity contribution in [2.45, 2.75) is 122 Å². The van der Waals surface area contributed by atoms with Crippen molar-refractivity contribution in [2.75, 3.05) is 39.9 Å². The summed E-state index contributed by atoms with van der Waals surface area (Å²) in [5, 5.41) is 0. The van der Waals surface area contributed by atoms with Gasteiger partial charge in [-0.15, -0.1) is 0 Å². The monoisotopic (exact) mass is 487 g/mol. The first-order valence-electron chi connectivity index (χ1n) is 14.1. The predicted molar refractivity (Wildman–Crippen MR) is 138 cm³/mol. The number of likely N-dealkylation sites (tertiary alicyclic amines) is 1.